The molecule has 1 atom stereocenters. The molecule has 0 N–H and O–H groups in total. The Hall–Kier alpha value is -2.25. The Kier molecular flexibility index (Phi) is 4.50. The Morgan fingerprint density at radius 2 is 2.00 bits per heavy atom. The van der Waals surface area contributed by atoms with E-state index in [2.05, 4.69) is 26.1 Å². The summed E-state index contributed by atoms with van der Waals surface area (Å²) in [6, 6.07) is 11.8. The van der Waals surface area contributed by atoms with Crippen LogP contribution in [-0.4, -0.2) is 22.6 Å². The molecule has 1 aliphatic rings. The minimum Gasteiger partial charge on any atom is -0.339 e. The molecule has 4 rings (SSSR count). The molecule has 0 spiro atoms. The van der Waals surface area contributed by atoms with Crippen LogP contribution in [0.25, 0.3) is 11.4 Å². The van der Waals surface area contributed by atoms with Crippen molar-refractivity contribution in [3.8, 4) is 11.4 Å². The first-order valence-corrected chi connectivity index (χ1v) is 9.03. The van der Waals surface area contributed by atoms with Crippen molar-refractivity contribution in [3.63, 3.8) is 0 Å². The van der Waals surface area contributed by atoms with Crippen molar-refractivity contribution in [2.24, 2.45) is 0 Å². The number of anilines is 1. The van der Waals surface area contributed by atoms with Gasteiger partial charge in [0.15, 0.2) is 0 Å². The predicted molar refractivity (Wildman–Crippen MR) is 98.6 cm³/mol. The second kappa shape index (κ2) is 6.81. The zero-order chi connectivity index (χ0) is 18.3. The summed E-state index contributed by atoms with van der Waals surface area (Å²) in [5.74, 6) is -0.189. The fourth-order valence-electron chi connectivity index (χ4n) is 2.92. The van der Waals surface area contributed by atoms with Gasteiger partial charge >= 0.3 is 0 Å². The maximum Gasteiger partial charge on any atom is 0.232 e. The smallest absolute Gasteiger partial charge is 0.232 e. The van der Waals surface area contributed by atoms with Gasteiger partial charge < -0.3 is 9.42 Å². The molecule has 26 heavy (non-hydrogen) atoms. The van der Waals surface area contributed by atoms with E-state index in [9.17, 15) is 9.18 Å². The van der Waals surface area contributed by atoms with Crippen LogP contribution >= 0.6 is 27.5 Å². The number of hydrogen-bond acceptors (Lipinski definition) is 4. The highest BCUT2D eigenvalue weighted by Crippen LogP contribution is 2.34. The molecular formula is C18H12BrClFN3O2. The molecule has 1 aliphatic heterocycles. The van der Waals surface area contributed by atoms with Gasteiger partial charge in [0.25, 0.3) is 0 Å². The molecule has 1 fully saturated rings. The molecule has 0 bridgehead atoms. The molecule has 1 saturated heterocycles. The van der Waals surface area contributed by atoms with Gasteiger partial charge in [0.05, 0.1) is 11.6 Å². The average Bonchev–Trinajstić information content (AvgIpc) is 3.23. The lowest BCUT2D eigenvalue weighted by atomic mass is 10.1. The van der Waals surface area contributed by atoms with Gasteiger partial charge in [0.2, 0.25) is 17.6 Å². The van der Waals surface area contributed by atoms with E-state index < -0.39 is 5.82 Å². The number of halogens is 3. The molecule has 2 aromatic carbocycles. The summed E-state index contributed by atoms with van der Waals surface area (Å²) in [4.78, 5) is 18.1. The van der Waals surface area contributed by atoms with Crippen LogP contribution in [0.15, 0.2) is 51.5 Å². The van der Waals surface area contributed by atoms with Crippen molar-refractivity contribution in [2.75, 3.05) is 11.4 Å². The summed E-state index contributed by atoms with van der Waals surface area (Å²) in [6.45, 7) is 0.277. The first kappa shape index (κ1) is 17.2. The fourth-order valence-corrected chi connectivity index (χ4v) is 3.35. The maximum atomic E-state index is 14.1. The largest absolute Gasteiger partial charge is 0.339 e. The van der Waals surface area contributed by atoms with Gasteiger partial charge in [-0.2, -0.15) is 4.98 Å². The van der Waals surface area contributed by atoms with Crippen molar-refractivity contribution >= 4 is 39.1 Å². The van der Waals surface area contributed by atoms with Crippen LogP contribution in [-0.2, 0) is 4.79 Å². The van der Waals surface area contributed by atoms with Crippen LogP contribution in [0.1, 0.15) is 18.2 Å². The molecule has 0 aliphatic carbocycles. The van der Waals surface area contributed by atoms with Crippen LogP contribution < -0.4 is 4.90 Å². The van der Waals surface area contributed by atoms with E-state index in [0.717, 1.165) is 10.0 Å². The Morgan fingerprint density at radius 1 is 1.23 bits per heavy atom. The Labute approximate surface area is 161 Å². The van der Waals surface area contributed by atoms with Gasteiger partial charge in [-0.1, -0.05) is 32.7 Å². The van der Waals surface area contributed by atoms with E-state index in [1.165, 1.54) is 17.0 Å². The molecule has 1 amide bonds. The van der Waals surface area contributed by atoms with Crippen molar-refractivity contribution < 1.29 is 13.7 Å². The summed E-state index contributed by atoms with van der Waals surface area (Å²) in [6.07, 6.45) is 0.185. The third kappa shape index (κ3) is 3.24. The second-order valence-electron chi connectivity index (χ2n) is 5.96. The van der Waals surface area contributed by atoms with E-state index in [1.54, 1.807) is 6.07 Å². The monoisotopic (exact) mass is 435 g/mol. The Balaban J connectivity index is 1.56. The van der Waals surface area contributed by atoms with Crippen LogP contribution in [0.2, 0.25) is 5.02 Å². The number of carbonyl (C=O) groups excluding carboxylic acids is 1. The first-order valence-electron chi connectivity index (χ1n) is 7.86. The zero-order valence-electron chi connectivity index (χ0n) is 13.3. The topological polar surface area (TPSA) is 59.2 Å². The molecule has 2 heterocycles. The highest BCUT2D eigenvalue weighted by molar-refractivity contribution is 9.10. The number of amides is 1. The highest BCUT2D eigenvalue weighted by Gasteiger charge is 2.36. The summed E-state index contributed by atoms with van der Waals surface area (Å²) in [5, 5.41) is 4.27. The van der Waals surface area contributed by atoms with Crippen molar-refractivity contribution in [1.82, 2.24) is 10.1 Å². The van der Waals surface area contributed by atoms with Gasteiger partial charge in [-0.25, -0.2) is 4.39 Å². The summed E-state index contributed by atoms with van der Waals surface area (Å²) in [7, 11) is 0. The van der Waals surface area contributed by atoms with Crippen LogP contribution in [0.4, 0.5) is 10.1 Å². The molecule has 0 radical (unpaired) electrons. The molecule has 5 nitrogen and oxygen atoms in total. The third-order valence-electron chi connectivity index (χ3n) is 4.22. The van der Waals surface area contributed by atoms with Gasteiger partial charge in [-0.3, -0.25) is 4.79 Å². The van der Waals surface area contributed by atoms with E-state index >= 15 is 0 Å². The Bertz CT molecular complexity index is 977. The number of carbonyl (C=O) groups is 1. The van der Waals surface area contributed by atoms with Crippen LogP contribution in [0, 0.1) is 5.82 Å². The van der Waals surface area contributed by atoms with E-state index in [0.29, 0.717) is 11.7 Å². The normalized spacial score (nSPS) is 17.1. The molecule has 3 aromatic rings. The second-order valence-corrected chi connectivity index (χ2v) is 7.32. The maximum absolute atomic E-state index is 14.1. The van der Waals surface area contributed by atoms with Gasteiger partial charge in [0.1, 0.15) is 5.82 Å². The molecule has 1 unspecified atom stereocenters. The highest BCUT2D eigenvalue weighted by atomic mass is 79.9. The lowest BCUT2D eigenvalue weighted by Crippen LogP contribution is -2.25. The minimum atomic E-state index is -0.535. The number of rotatable bonds is 3. The van der Waals surface area contributed by atoms with E-state index in [-0.39, 0.29) is 35.5 Å². The molecule has 132 valence electrons. The number of aromatic nitrogens is 2. The predicted octanol–water partition coefficient (Wildman–Crippen LogP) is 4.81. The molecular weight excluding hydrogens is 425 g/mol. The van der Waals surface area contributed by atoms with Crippen LogP contribution in [0.3, 0.4) is 0 Å². The molecule has 8 heteroatoms. The Morgan fingerprint density at radius 3 is 2.73 bits per heavy atom. The lowest BCUT2D eigenvalue weighted by molar-refractivity contribution is -0.117. The average molecular weight is 437 g/mol. The van der Waals surface area contributed by atoms with Crippen LogP contribution in [0.5, 0.6) is 0 Å². The molecule has 0 saturated carbocycles. The van der Waals surface area contributed by atoms with Crippen molar-refractivity contribution in [2.45, 2.75) is 12.3 Å². The SMILES string of the molecule is O=C1CC(c2nc(-c3ccc(Br)cc3)no2)CN1c1ccc(Cl)cc1F. The van der Waals surface area contributed by atoms with E-state index in [4.69, 9.17) is 16.1 Å². The van der Waals surface area contributed by atoms with E-state index in [1.807, 2.05) is 24.3 Å². The number of hydrogen-bond donors (Lipinski definition) is 0. The lowest BCUT2D eigenvalue weighted by Gasteiger charge is -2.16. The standard InChI is InChI=1S/C18H12BrClFN3O2/c19-12-3-1-10(2-4-12)17-22-18(26-23-17)11-7-16(25)24(9-11)15-6-5-13(20)8-14(15)21/h1-6,8,11H,7,9H2. The number of nitrogens with zero attached hydrogens (tertiary/aromatic N) is 3. The zero-order valence-corrected chi connectivity index (χ0v) is 15.7. The summed E-state index contributed by atoms with van der Waals surface area (Å²) < 4.78 is 20.4. The first-order chi connectivity index (χ1) is 12.5. The van der Waals surface area contributed by atoms with Crippen molar-refractivity contribution in [3.05, 3.63) is 63.7 Å². The van der Waals surface area contributed by atoms with Gasteiger partial charge in [0, 0.05) is 28.0 Å². The van der Waals surface area contributed by atoms with Gasteiger partial charge in [-0.15, -0.1) is 0 Å². The summed E-state index contributed by atoms with van der Waals surface area (Å²) in [5.41, 5.74) is 1.02. The summed E-state index contributed by atoms with van der Waals surface area (Å²) >= 11 is 9.15. The molecule has 1 aromatic heterocycles. The quantitative estimate of drug-likeness (QED) is 0.591. The number of benzene rings is 2. The van der Waals surface area contributed by atoms with Crippen molar-refractivity contribution in [1.29, 1.82) is 0 Å². The fraction of sp³-hybridized carbons (Fsp3) is 0.167. The third-order valence-corrected chi connectivity index (χ3v) is 4.98. The van der Waals surface area contributed by atoms with Gasteiger partial charge in [-0.05, 0) is 42.5 Å². The minimum absolute atomic E-state index is 0.185.